The molecule has 0 aliphatic rings. The summed E-state index contributed by atoms with van der Waals surface area (Å²) in [6.45, 7) is 2.01. The minimum atomic E-state index is -0.0915. The summed E-state index contributed by atoms with van der Waals surface area (Å²) in [4.78, 5) is 16.7. The zero-order chi connectivity index (χ0) is 18.1. The van der Waals surface area contributed by atoms with Crippen molar-refractivity contribution in [3.8, 4) is 11.5 Å². The summed E-state index contributed by atoms with van der Waals surface area (Å²) in [5.41, 5.74) is 3.42. The predicted octanol–water partition coefficient (Wildman–Crippen LogP) is 5.70. The van der Waals surface area contributed by atoms with E-state index in [1.54, 1.807) is 6.07 Å². The Morgan fingerprint density at radius 2 is 2.00 bits per heavy atom. The number of halogens is 1. The first kappa shape index (κ1) is 16.8. The van der Waals surface area contributed by atoms with Gasteiger partial charge in [-0.1, -0.05) is 29.3 Å². The number of anilines is 1. The standard InChI is InChI=1S/C20H15ClN2O2S/c1-12-2-5-15(6-3-12)22-19(24)10-20-23-16(11-26-20)18-9-13-8-14(21)4-7-17(13)25-18/h2-9,11H,10H2,1H3,(H,22,24). The normalized spacial score (nSPS) is 11.0. The van der Waals surface area contributed by atoms with Crippen molar-refractivity contribution in [2.75, 3.05) is 5.32 Å². The third-order valence-electron chi connectivity index (χ3n) is 3.93. The molecule has 1 N–H and O–H groups in total. The average molecular weight is 383 g/mol. The molecule has 2 aromatic carbocycles. The van der Waals surface area contributed by atoms with Gasteiger partial charge in [0.1, 0.15) is 16.3 Å². The van der Waals surface area contributed by atoms with E-state index < -0.39 is 0 Å². The van der Waals surface area contributed by atoms with Gasteiger partial charge < -0.3 is 9.73 Å². The minimum absolute atomic E-state index is 0.0915. The summed E-state index contributed by atoms with van der Waals surface area (Å²) in [7, 11) is 0. The van der Waals surface area contributed by atoms with Gasteiger partial charge in [-0.3, -0.25) is 4.79 Å². The predicted molar refractivity (Wildman–Crippen MR) is 106 cm³/mol. The Kier molecular flexibility index (Phi) is 4.49. The van der Waals surface area contributed by atoms with Gasteiger partial charge >= 0.3 is 0 Å². The van der Waals surface area contributed by atoms with Crippen LogP contribution in [-0.2, 0) is 11.2 Å². The number of furan rings is 1. The van der Waals surface area contributed by atoms with Gasteiger partial charge in [-0.05, 0) is 43.3 Å². The summed E-state index contributed by atoms with van der Waals surface area (Å²) >= 11 is 7.45. The van der Waals surface area contributed by atoms with E-state index in [1.165, 1.54) is 11.3 Å². The molecule has 2 heterocycles. The number of hydrogen-bond acceptors (Lipinski definition) is 4. The molecule has 0 radical (unpaired) electrons. The second-order valence-electron chi connectivity index (χ2n) is 6.01. The van der Waals surface area contributed by atoms with Crippen LogP contribution in [0.4, 0.5) is 5.69 Å². The van der Waals surface area contributed by atoms with Crippen molar-refractivity contribution in [1.29, 1.82) is 0 Å². The van der Waals surface area contributed by atoms with E-state index in [1.807, 2.05) is 54.8 Å². The third kappa shape index (κ3) is 3.64. The van der Waals surface area contributed by atoms with Gasteiger partial charge in [0, 0.05) is 21.5 Å². The number of nitrogens with one attached hydrogen (secondary N) is 1. The van der Waals surface area contributed by atoms with E-state index in [0.717, 1.165) is 32.9 Å². The van der Waals surface area contributed by atoms with Crippen LogP contribution in [0.3, 0.4) is 0 Å². The summed E-state index contributed by atoms with van der Waals surface area (Å²) in [6.07, 6.45) is 0.227. The summed E-state index contributed by atoms with van der Waals surface area (Å²) < 4.78 is 5.82. The Balaban J connectivity index is 1.48. The van der Waals surface area contributed by atoms with E-state index in [9.17, 15) is 4.79 Å². The Bertz CT molecular complexity index is 1080. The van der Waals surface area contributed by atoms with Crippen LogP contribution in [0.5, 0.6) is 0 Å². The lowest BCUT2D eigenvalue weighted by atomic mass is 10.2. The maximum Gasteiger partial charge on any atom is 0.231 e. The van der Waals surface area contributed by atoms with E-state index in [4.69, 9.17) is 16.0 Å². The lowest BCUT2D eigenvalue weighted by molar-refractivity contribution is -0.115. The van der Waals surface area contributed by atoms with Crippen molar-refractivity contribution < 1.29 is 9.21 Å². The number of carbonyl (C=O) groups is 1. The van der Waals surface area contributed by atoms with Crippen LogP contribution in [0.2, 0.25) is 5.02 Å². The number of nitrogens with zero attached hydrogens (tertiary/aromatic N) is 1. The third-order valence-corrected chi connectivity index (χ3v) is 5.01. The number of rotatable bonds is 4. The van der Waals surface area contributed by atoms with Gasteiger partial charge in [0.2, 0.25) is 5.91 Å². The van der Waals surface area contributed by atoms with Crippen LogP contribution in [0.1, 0.15) is 10.6 Å². The van der Waals surface area contributed by atoms with Crippen molar-refractivity contribution in [2.24, 2.45) is 0 Å². The van der Waals surface area contributed by atoms with Gasteiger partial charge in [0.25, 0.3) is 0 Å². The van der Waals surface area contributed by atoms with E-state index in [0.29, 0.717) is 10.8 Å². The lowest BCUT2D eigenvalue weighted by Gasteiger charge is -2.03. The highest BCUT2D eigenvalue weighted by molar-refractivity contribution is 7.10. The zero-order valence-electron chi connectivity index (χ0n) is 14.0. The molecule has 0 atom stereocenters. The second kappa shape index (κ2) is 6.94. The average Bonchev–Trinajstić information content (AvgIpc) is 3.23. The molecule has 0 saturated carbocycles. The molecule has 6 heteroatoms. The maximum atomic E-state index is 12.2. The molecular formula is C20H15ClN2O2S. The molecule has 0 bridgehead atoms. The van der Waals surface area contributed by atoms with Crippen molar-refractivity contribution in [3.05, 3.63) is 69.5 Å². The Hall–Kier alpha value is -2.63. The zero-order valence-corrected chi connectivity index (χ0v) is 15.5. The summed E-state index contributed by atoms with van der Waals surface area (Å²) in [5, 5.41) is 7.11. The fraction of sp³-hybridized carbons (Fsp3) is 0.100. The smallest absolute Gasteiger partial charge is 0.231 e. The highest BCUT2D eigenvalue weighted by Crippen LogP contribution is 2.30. The topological polar surface area (TPSA) is 55.1 Å². The number of benzene rings is 2. The minimum Gasteiger partial charge on any atom is -0.454 e. The van der Waals surface area contributed by atoms with Crippen LogP contribution in [0, 0.1) is 6.92 Å². The highest BCUT2D eigenvalue weighted by atomic mass is 35.5. The quantitative estimate of drug-likeness (QED) is 0.492. The van der Waals surface area contributed by atoms with Crippen LogP contribution in [0.15, 0.2) is 58.3 Å². The molecule has 1 amide bonds. The molecule has 0 aliphatic carbocycles. The fourth-order valence-corrected chi connectivity index (χ4v) is 3.59. The molecular weight excluding hydrogens is 368 g/mol. The van der Waals surface area contributed by atoms with Gasteiger partial charge in [0.05, 0.1) is 6.42 Å². The second-order valence-corrected chi connectivity index (χ2v) is 7.39. The Morgan fingerprint density at radius 3 is 2.81 bits per heavy atom. The number of thiazole rings is 1. The number of amides is 1. The van der Waals surface area contributed by atoms with Gasteiger partial charge in [-0.15, -0.1) is 11.3 Å². The molecule has 0 spiro atoms. The maximum absolute atomic E-state index is 12.2. The molecule has 0 fully saturated rings. The molecule has 0 unspecified atom stereocenters. The summed E-state index contributed by atoms with van der Waals surface area (Å²) in [6, 6.07) is 15.1. The van der Waals surface area contributed by atoms with Crippen molar-refractivity contribution >= 4 is 45.5 Å². The van der Waals surface area contributed by atoms with Crippen molar-refractivity contribution in [1.82, 2.24) is 4.98 Å². The molecule has 4 rings (SSSR count). The van der Waals surface area contributed by atoms with E-state index >= 15 is 0 Å². The summed E-state index contributed by atoms with van der Waals surface area (Å²) in [5.74, 6) is 0.579. The monoisotopic (exact) mass is 382 g/mol. The molecule has 130 valence electrons. The molecule has 2 aromatic heterocycles. The first-order valence-electron chi connectivity index (χ1n) is 8.07. The van der Waals surface area contributed by atoms with Crippen molar-refractivity contribution in [3.63, 3.8) is 0 Å². The van der Waals surface area contributed by atoms with Crippen molar-refractivity contribution in [2.45, 2.75) is 13.3 Å². The van der Waals surface area contributed by atoms with Crippen LogP contribution in [-0.4, -0.2) is 10.9 Å². The Morgan fingerprint density at radius 1 is 1.19 bits per heavy atom. The number of carbonyl (C=O) groups excluding carboxylic acids is 1. The van der Waals surface area contributed by atoms with E-state index in [2.05, 4.69) is 10.3 Å². The van der Waals surface area contributed by atoms with Gasteiger partial charge in [0.15, 0.2) is 5.76 Å². The van der Waals surface area contributed by atoms with E-state index in [-0.39, 0.29) is 12.3 Å². The van der Waals surface area contributed by atoms with Crippen LogP contribution < -0.4 is 5.32 Å². The number of fused-ring (bicyclic) bond motifs is 1. The first-order valence-corrected chi connectivity index (χ1v) is 9.33. The lowest BCUT2D eigenvalue weighted by Crippen LogP contribution is -2.14. The van der Waals surface area contributed by atoms with Crippen LogP contribution in [0.25, 0.3) is 22.4 Å². The number of hydrogen-bond donors (Lipinski definition) is 1. The number of aryl methyl sites for hydroxylation is 1. The molecule has 26 heavy (non-hydrogen) atoms. The molecule has 4 nitrogen and oxygen atoms in total. The SMILES string of the molecule is Cc1ccc(NC(=O)Cc2nc(-c3cc4cc(Cl)ccc4o3)cs2)cc1. The fourth-order valence-electron chi connectivity index (χ4n) is 2.63. The molecule has 0 saturated heterocycles. The van der Waals surface area contributed by atoms with Gasteiger partial charge in [-0.2, -0.15) is 0 Å². The first-order chi connectivity index (χ1) is 12.6. The molecule has 0 aliphatic heterocycles. The largest absolute Gasteiger partial charge is 0.454 e. The molecule has 4 aromatic rings. The highest BCUT2D eigenvalue weighted by Gasteiger charge is 2.13. The Labute approximate surface area is 159 Å². The van der Waals surface area contributed by atoms with Gasteiger partial charge in [-0.25, -0.2) is 4.98 Å². The van der Waals surface area contributed by atoms with Crippen LogP contribution >= 0.6 is 22.9 Å². The number of aromatic nitrogens is 1.